The summed E-state index contributed by atoms with van der Waals surface area (Å²) in [6.07, 6.45) is 0. The number of nitrogens with one attached hydrogen (secondary N) is 2. The second kappa shape index (κ2) is 6.54. The number of rotatable bonds is 4. The first-order valence-corrected chi connectivity index (χ1v) is 7.53. The summed E-state index contributed by atoms with van der Waals surface area (Å²) < 4.78 is 5.33. The molecular weight excluding hydrogens is 306 g/mol. The van der Waals surface area contributed by atoms with Gasteiger partial charge in [0.1, 0.15) is 5.75 Å². The van der Waals surface area contributed by atoms with Crippen LogP contribution in [0.25, 0.3) is 10.8 Å². The molecule has 1 amide bonds. The van der Waals surface area contributed by atoms with Crippen molar-refractivity contribution in [3.05, 3.63) is 70.1 Å². The highest BCUT2D eigenvalue weighted by molar-refractivity contribution is 6.04. The van der Waals surface area contributed by atoms with Gasteiger partial charge in [-0.05, 0) is 19.1 Å². The van der Waals surface area contributed by atoms with Gasteiger partial charge in [-0.15, -0.1) is 0 Å². The molecule has 0 unspecified atom stereocenters. The molecule has 3 aromatic rings. The lowest BCUT2D eigenvalue weighted by Gasteiger charge is -2.17. The van der Waals surface area contributed by atoms with Crippen LogP contribution in [0.2, 0.25) is 0 Å². The van der Waals surface area contributed by atoms with Gasteiger partial charge in [-0.1, -0.05) is 36.4 Å². The second-order valence-corrected chi connectivity index (χ2v) is 5.38. The van der Waals surface area contributed by atoms with E-state index in [1.807, 2.05) is 31.2 Å². The molecule has 1 aromatic heterocycles. The maximum atomic E-state index is 12.6. The highest BCUT2D eigenvalue weighted by Gasteiger charge is 2.18. The van der Waals surface area contributed by atoms with Crippen molar-refractivity contribution in [3.63, 3.8) is 0 Å². The molecule has 1 atom stereocenters. The summed E-state index contributed by atoms with van der Waals surface area (Å²) in [5.41, 5.74) is 0.731. The summed E-state index contributed by atoms with van der Waals surface area (Å²) >= 11 is 0. The molecule has 1 heterocycles. The normalized spacial score (nSPS) is 11.9. The molecular formula is C18H17N3O3. The standard InChI is InChI=1S/C18H17N3O3/c1-11(12-7-5-6-10-15(12)24-2)19-18(23)16-13-8-3-4-9-14(13)17(22)21-20-16/h3-11H,1-2H3,(H,19,23)(H,21,22)/t11-/m1/s1. The summed E-state index contributed by atoms with van der Waals surface area (Å²) in [4.78, 5) is 24.4. The van der Waals surface area contributed by atoms with E-state index >= 15 is 0 Å². The van der Waals surface area contributed by atoms with E-state index in [0.717, 1.165) is 5.56 Å². The van der Waals surface area contributed by atoms with Gasteiger partial charge in [0.15, 0.2) is 5.69 Å². The number of aromatic nitrogens is 2. The van der Waals surface area contributed by atoms with E-state index in [0.29, 0.717) is 16.5 Å². The molecule has 2 N–H and O–H groups in total. The van der Waals surface area contributed by atoms with Gasteiger partial charge in [-0.3, -0.25) is 9.59 Å². The number of nitrogens with zero attached hydrogens (tertiary/aromatic N) is 1. The minimum atomic E-state index is -0.360. The van der Waals surface area contributed by atoms with Crippen LogP contribution in [0.5, 0.6) is 5.75 Å². The number of carbonyl (C=O) groups excluding carboxylic acids is 1. The van der Waals surface area contributed by atoms with E-state index < -0.39 is 0 Å². The third-order valence-electron chi connectivity index (χ3n) is 3.86. The molecule has 0 spiro atoms. The topological polar surface area (TPSA) is 84.1 Å². The van der Waals surface area contributed by atoms with Crippen LogP contribution in [0, 0.1) is 0 Å². The Morgan fingerprint density at radius 3 is 2.54 bits per heavy atom. The molecule has 24 heavy (non-hydrogen) atoms. The van der Waals surface area contributed by atoms with E-state index in [1.54, 1.807) is 31.4 Å². The van der Waals surface area contributed by atoms with E-state index in [2.05, 4.69) is 15.5 Å². The highest BCUT2D eigenvalue weighted by Crippen LogP contribution is 2.24. The van der Waals surface area contributed by atoms with Crippen molar-refractivity contribution in [2.75, 3.05) is 7.11 Å². The number of ether oxygens (including phenoxy) is 1. The quantitative estimate of drug-likeness (QED) is 0.772. The summed E-state index contributed by atoms with van der Waals surface area (Å²) in [5.74, 6) is 0.338. The highest BCUT2D eigenvalue weighted by atomic mass is 16.5. The largest absolute Gasteiger partial charge is 0.496 e. The summed E-state index contributed by atoms with van der Waals surface area (Å²) in [6, 6.07) is 14.1. The molecule has 0 bridgehead atoms. The molecule has 0 saturated heterocycles. The first kappa shape index (κ1) is 15.7. The molecule has 6 nitrogen and oxygen atoms in total. The molecule has 0 aliphatic carbocycles. The van der Waals surface area contributed by atoms with Gasteiger partial charge in [0.25, 0.3) is 11.5 Å². The minimum Gasteiger partial charge on any atom is -0.496 e. The van der Waals surface area contributed by atoms with Crippen molar-refractivity contribution in [3.8, 4) is 5.75 Å². The van der Waals surface area contributed by atoms with E-state index in [-0.39, 0.29) is 23.2 Å². The zero-order valence-corrected chi connectivity index (χ0v) is 13.4. The van der Waals surface area contributed by atoms with Gasteiger partial charge in [-0.2, -0.15) is 5.10 Å². The van der Waals surface area contributed by atoms with Gasteiger partial charge in [-0.25, -0.2) is 5.10 Å². The number of methoxy groups -OCH3 is 1. The first-order valence-electron chi connectivity index (χ1n) is 7.53. The Hall–Kier alpha value is -3.15. The third kappa shape index (κ3) is 2.86. The van der Waals surface area contributed by atoms with Crippen LogP contribution < -0.4 is 15.6 Å². The number of amides is 1. The van der Waals surface area contributed by atoms with E-state index in [1.165, 1.54) is 0 Å². The van der Waals surface area contributed by atoms with E-state index in [4.69, 9.17) is 4.74 Å². The molecule has 0 fully saturated rings. The van der Waals surface area contributed by atoms with Gasteiger partial charge >= 0.3 is 0 Å². The number of benzene rings is 2. The Morgan fingerprint density at radius 2 is 1.79 bits per heavy atom. The first-order chi connectivity index (χ1) is 11.6. The van der Waals surface area contributed by atoms with Gasteiger partial charge in [0.2, 0.25) is 0 Å². The predicted molar refractivity (Wildman–Crippen MR) is 91.2 cm³/mol. The lowest BCUT2D eigenvalue weighted by Crippen LogP contribution is -2.29. The number of carbonyl (C=O) groups is 1. The van der Waals surface area contributed by atoms with Crippen molar-refractivity contribution in [1.29, 1.82) is 0 Å². The van der Waals surface area contributed by atoms with Gasteiger partial charge in [0.05, 0.1) is 18.5 Å². The SMILES string of the molecule is COc1ccccc1[C@@H](C)NC(=O)c1n[nH]c(=O)c2ccccc12. The fraction of sp³-hybridized carbons (Fsp3) is 0.167. The molecule has 0 aliphatic rings. The fourth-order valence-corrected chi connectivity index (χ4v) is 2.65. The average Bonchev–Trinajstić information content (AvgIpc) is 2.62. The number of hydrogen-bond acceptors (Lipinski definition) is 4. The molecule has 0 aliphatic heterocycles. The Kier molecular flexibility index (Phi) is 4.29. The van der Waals surface area contributed by atoms with Crippen LogP contribution in [0.15, 0.2) is 53.3 Å². The Balaban J connectivity index is 1.93. The van der Waals surface area contributed by atoms with E-state index in [9.17, 15) is 9.59 Å². The Morgan fingerprint density at radius 1 is 1.12 bits per heavy atom. The number of hydrogen-bond donors (Lipinski definition) is 2. The van der Waals surface area contributed by atoms with Gasteiger partial charge < -0.3 is 10.1 Å². The predicted octanol–water partition coefficient (Wildman–Crippen LogP) is 2.42. The fourth-order valence-electron chi connectivity index (χ4n) is 2.65. The maximum Gasteiger partial charge on any atom is 0.272 e. The van der Waals surface area contributed by atoms with Crippen LogP contribution in [-0.4, -0.2) is 23.2 Å². The Labute approximate surface area is 138 Å². The van der Waals surface area contributed by atoms with Gasteiger partial charge in [0, 0.05) is 10.9 Å². The van der Waals surface area contributed by atoms with Crippen molar-refractivity contribution in [2.45, 2.75) is 13.0 Å². The number of aromatic amines is 1. The summed E-state index contributed by atoms with van der Waals surface area (Å²) in [5, 5.41) is 10.1. The van der Waals surface area contributed by atoms with Crippen molar-refractivity contribution < 1.29 is 9.53 Å². The van der Waals surface area contributed by atoms with Crippen molar-refractivity contribution >= 4 is 16.7 Å². The van der Waals surface area contributed by atoms with Crippen molar-refractivity contribution in [1.82, 2.24) is 15.5 Å². The van der Waals surface area contributed by atoms with Crippen LogP contribution in [-0.2, 0) is 0 Å². The smallest absolute Gasteiger partial charge is 0.272 e. The second-order valence-electron chi connectivity index (χ2n) is 5.38. The zero-order valence-electron chi connectivity index (χ0n) is 13.4. The number of fused-ring (bicyclic) bond motifs is 1. The van der Waals surface area contributed by atoms with Crippen LogP contribution >= 0.6 is 0 Å². The monoisotopic (exact) mass is 323 g/mol. The zero-order chi connectivity index (χ0) is 17.1. The van der Waals surface area contributed by atoms with Crippen LogP contribution in [0.4, 0.5) is 0 Å². The summed E-state index contributed by atoms with van der Waals surface area (Å²) in [7, 11) is 1.59. The molecule has 6 heteroatoms. The van der Waals surface area contributed by atoms with Crippen LogP contribution in [0.3, 0.4) is 0 Å². The minimum absolute atomic E-state index is 0.187. The number of para-hydroxylation sites is 1. The molecule has 3 rings (SSSR count). The molecule has 0 saturated carbocycles. The van der Waals surface area contributed by atoms with Crippen molar-refractivity contribution in [2.24, 2.45) is 0 Å². The maximum absolute atomic E-state index is 12.6. The third-order valence-corrected chi connectivity index (χ3v) is 3.86. The number of H-pyrrole nitrogens is 1. The molecule has 122 valence electrons. The Bertz CT molecular complexity index is 949. The molecule has 0 radical (unpaired) electrons. The summed E-state index contributed by atoms with van der Waals surface area (Å²) in [6.45, 7) is 1.86. The lowest BCUT2D eigenvalue weighted by molar-refractivity contribution is 0.0935. The molecule has 2 aromatic carbocycles. The van der Waals surface area contributed by atoms with Crippen LogP contribution in [0.1, 0.15) is 29.0 Å². The lowest BCUT2D eigenvalue weighted by atomic mass is 10.1. The average molecular weight is 323 g/mol.